The van der Waals surface area contributed by atoms with Gasteiger partial charge in [-0.2, -0.15) is 0 Å². The van der Waals surface area contributed by atoms with E-state index in [9.17, 15) is 9.59 Å². The Labute approximate surface area is 173 Å². The zero-order chi connectivity index (χ0) is 19.2. The molecule has 0 bridgehead atoms. The number of amides is 2. The molecule has 2 fully saturated rings. The number of hydrogen-bond donors (Lipinski definition) is 2. The zero-order valence-electron chi connectivity index (χ0n) is 16.8. The number of benzene rings is 1. The number of nitrogens with zero attached hydrogens (tertiary/aromatic N) is 1. The van der Waals surface area contributed by atoms with E-state index in [1.807, 2.05) is 30.0 Å². The van der Waals surface area contributed by atoms with Crippen molar-refractivity contribution in [1.82, 2.24) is 15.5 Å². The van der Waals surface area contributed by atoms with Crippen LogP contribution in [0.4, 0.5) is 0 Å². The van der Waals surface area contributed by atoms with Gasteiger partial charge in [-0.1, -0.05) is 6.07 Å². The summed E-state index contributed by atoms with van der Waals surface area (Å²) in [5.74, 6) is 1.15. The molecule has 2 amide bonds. The van der Waals surface area contributed by atoms with E-state index in [0.29, 0.717) is 19.0 Å². The minimum absolute atomic E-state index is 0. The number of halogens is 1. The molecule has 2 heterocycles. The first-order chi connectivity index (χ1) is 13.0. The van der Waals surface area contributed by atoms with Gasteiger partial charge in [0.15, 0.2) is 6.61 Å². The lowest BCUT2D eigenvalue weighted by molar-refractivity contribution is -0.135. The SMILES string of the molecule is Cc1ccc(OCC(=O)N2CCCC(CNC(=O)C3CCCN3)C2)cc1C.Cl. The second-order valence-electron chi connectivity index (χ2n) is 7.78. The lowest BCUT2D eigenvalue weighted by atomic mass is 9.97. The number of carbonyl (C=O) groups excluding carboxylic acids is 2. The van der Waals surface area contributed by atoms with Gasteiger partial charge in [0.2, 0.25) is 5.91 Å². The van der Waals surface area contributed by atoms with Crippen molar-refractivity contribution in [3.05, 3.63) is 29.3 Å². The normalized spacial score (nSPS) is 21.7. The van der Waals surface area contributed by atoms with Crippen molar-refractivity contribution < 1.29 is 14.3 Å². The molecular formula is C21H32ClN3O3. The molecule has 2 unspecified atom stereocenters. The maximum Gasteiger partial charge on any atom is 0.260 e. The van der Waals surface area contributed by atoms with Gasteiger partial charge in [-0.05, 0) is 75.3 Å². The van der Waals surface area contributed by atoms with Crippen LogP contribution in [0, 0.1) is 19.8 Å². The van der Waals surface area contributed by atoms with Crippen LogP contribution in [0.15, 0.2) is 18.2 Å². The number of rotatable bonds is 6. The molecule has 0 saturated carbocycles. The van der Waals surface area contributed by atoms with Crippen LogP contribution >= 0.6 is 12.4 Å². The monoisotopic (exact) mass is 409 g/mol. The molecule has 0 aliphatic carbocycles. The summed E-state index contributed by atoms with van der Waals surface area (Å²) < 4.78 is 5.69. The molecular weight excluding hydrogens is 378 g/mol. The third kappa shape index (κ3) is 6.11. The van der Waals surface area contributed by atoms with Gasteiger partial charge in [-0.15, -0.1) is 12.4 Å². The van der Waals surface area contributed by atoms with E-state index in [-0.39, 0.29) is 36.9 Å². The summed E-state index contributed by atoms with van der Waals surface area (Å²) in [6, 6.07) is 5.83. The fraction of sp³-hybridized carbons (Fsp3) is 0.619. The highest BCUT2D eigenvalue weighted by Gasteiger charge is 2.26. The van der Waals surface area contributed by atoms with Gasteiger partial charge in [0.25, 0.3) is 5.91 Å². The van der Waals surface area contributed by atoms with Gasteiger partial charge in [-0.3, -0.25) is 9.59 Å². The summed E-state index contributed by atoms with van der Waals surface area (Å²) in [4.78, 5) is 26.5. The molecule has 0 spiro atoms. The molecule has 2 atom stereocenters. The fourth-order valence-electron chi connectivity index (χ4n) is 3.77. The van der Waals surface area contributed by atoms with E-state index in [4.69, 9.17) is 4.74 Å². The molecule has 3 rings (SSSR count). The van der Waals surface area contributed by atoms with Gasteiger partial charge < -0.3 is 20.3 Å². The Morgan fingerprint density at radius 2 is 2.04 bits per heavy atom. The van der Waals surface area contributed by atoms with Crippen LogP contribution in [0.25, 0.3) is 0 Å². The molecule has 156 valence electrons. The molecule has 6 nitrogen and oxygen atoms in total. The van der Waals surface area contributed by atoms with Crippen LogP contribution in [-0.2, 0) is 9.59 Å². The van der Waals surface area contributed by atoms with Gasteiger partial charge in [0.05, 0.1) is 6.04 Å². The highest BCUT2D eigenvalue weighted by atomic mass is 35.5. The highest BCUT2D eigenvalue weighted by molar-refractivity contribution is 5.85. The largest absolute Gasteiger partial charge is 0.484 e. The predicted molar refractivity (Wildman–Crippen MR) is 112 cm³/mol. The van der Waals surface area contributed by atoms with Crippen LogP contribution in [0.3, 0.4) is 0 Å². The van der Waals surface area contributed by atoms with Crippen LogP contribution in [-0.4, -0.2) is 55.5 Å². The fourth-order valence-corrected chi connectivity index (χ4v) is 3.77. The maximum absolute atomic E-state index is 12.5. The van der Waals surface area contributed by atoms with E-state index < -0.39 is 0 Å². The molecule has 2 aliphatic heterocycles. The number of nitrogens with one attached hydrogen (secondary N) is 2. The summed E-state index contributed by atoms with van der Waals surface area (Å²) in [5.41, 5.74) is 2.37. The predicted octanol–water partition coefficient (Wildman–Crippen LogP) is 2.21. The molecule has 2 aliphatic rings. The van der Waals surface area contributed by atoms with E-state index >= 15 is 0 Å². The Balaban J connectivity index is 0.00000280. The Kier molecular flexibility index (Phi) is 8.58. The van der Waals surface area contributed by atoms with Crippen LogP contribution < -0.4 is 15.4 Å². The zero-order valence-corrected chi connectivity index (χ0v) is 17.6. The smallest absolute Gasteiger partial charge is 0.260 e. The molecule has 2 saturated heterocycles. The first-order valence-corrected chi connectivity index (χ1v) is 10.0. The minimum atomic E-state index is -0.0438. The Morgan fingerprint density at radius 1 is 1.21 bits per heavy atom. The summed E-state index contributed by atoms with van der Waals surface area (Å²) in [6.07, 6.45) is 3.99. The van der Waals surface area contributed by atoms with Crippen molar-refractivity contribution in [2.75, 3.05) is 32.8 Å². The number of carbonyl (C=O) groups is 2. The number of hydrogen-bond acceptors (Lipinski definition) is 4. The van der Waals surface area contributed by atoms with Crippen molar-refractivity contribution in [3.8, 4) is 5.75 Å². The minimum Gasteiger partial charge on any atom is -0.484 e. The summed E-state index contributed by atoms with van der Waals surface area (Å²) >= 11 is 0. The molecule has 0 aromatic heterocycles. The van der Waals surface area contributed by atoms with Crippen molar-refractivity contribution in [2.24, 2.45) is 5.92 Å². The Morgan fingerprint density at radius 3 is 2.75 bits per heavy atom. The first kappa shape index (κ1) is 22.5. The van der Waals surface area contributed by atoms with E-state index in [2.05, 4.69) is 17.6 Å². The van der Waals surface area contributed by atoms with Crippen LogP contribution in [0.1, 0.15) is 36.8 Å². The highest BCUT2D eigenvalue weighted by Crippen LogP contribution is 2.18. The maximum atomic E-state index is 12.5. The number of likely N-dealkylation sites (tertiary alicyclic amines) is 1. The van der Waals surface area contributed by atoms with Crippen molar-refractivity contribution >= 4 is 24.2 Å². The van der Waals surface area contributed by atoms with Gasteiger partial charge in [0, 0.05) is 19.6 Å². The number of ether oxygens (including phenoxy) is 1. The molecule has 1 aromatic rings. The molecule has 1 aromatic carbocycles. The van der Waals surface area contributed by atoms with Gasteiger partial charge >= 0.3 is 0 Å². The van der Waals surface area contributed by atoms with Crippen LogP contribution in [0.2, 0.25) is 0 Å². The van der Waals surface area contributed by atoms with Crippen LogP contribution in [0.5, 0.6) is 5.75 Å². The standard InChI is InChI=1S/C21H31N3O3.ClH/c1-15-7-8-18(11-16(15)2)27-14-20(25)24-10-4-5-17(13-24)12-23-21(26)19-6-3-9-22-19;/h7-8,11,17,19,22H,3-6,9-10,12-14H2,1-2H3,(H,23,26);1H. The average molecular weight is 410 g/mol. The number of aryl methyl sites for hydroxylation is 2. The molecule has 0 radical (unpaired) electrons. The summed E-state index contributed by atoms with van der Waals surface area (Å²) in [7, 11) is 0. The van der Waals surface area contributed by atoms with Crippen molar-refractivity contribution in [2.45, 2.75) is 45.6 Å². The van der Waals surface area contributed by atoms with E-state index in [1.165, 1.54) is 5.56 Å². The van der Waals surface area contributed by atoms with Gasteiger partial charge in [0.1, 0.15) is 5.75 Å². The lowest BCUT2D eigenvalue weighted by Gasteiger charge is -2.33. The van der Waals surface area contributed by atoms with Gasteiger partial charge in [-0.25, -0.2) is 0 Å². The quantitative estimate of drug-likeness (QED) is 0.755. The third-order valence-electron chi connectivity index (χ3n) is 5.65. The molecule has 2 N–H and O–H groups in total. The second-order valence-corrected chi connectivity index (χ2v) is 7.78. The first-order valence-electron chi connectivity index (χ1n) is 10.0. The third-order valence-corrected chi connectivity index (χ3v) is 5.65. The number of piperidine rings is 1. The second kappa shape index (κ2) is 10.7. The summed E-state index contributed by atoms with van der Waals surface area (Å²) in [6.45, 7) is 7.17. The van der Waals surface area contributed by atoms with E-state index in [1.54, 1.807) is 0 Å². The van der Waals surface area contributed by atoms with E-state index in [0.717, 1.165) is 50.1 Å². The summed E-state index contributed by atoms with van der Waals surface area (Å²) in [5, 5.41) is 6.27. The molecule has 28 heavy (non-hydrogen) atoms. The Bertz CT molecular complexity index is 677. The topological polar surface area (TPSA) is 70.7 Å². The van der Waals surface area contributed by atoms with Crippen molar-refractivity contribution in [1.29, 1.82) is 0 Å². The Hall–Kier alpha value is -1.79. The lowest BCUT2D eigenvalue weighted by Crippen LogP contribution is -2.47. The molecule has 7 heteroatoms. The van der Waals surface area contributed by atoms with Crippen molar-refractivity contribution in [3.63, 3.8) is 0 Å². The average Bonchev–Trinajstić information content (AvgIpc) is 3.22.